The topological polar surface area (TPSA) is 59.8 Å². The number of nitrogens with zero attached hydrogens (tertiary/aromatic N) is 3. The Labute approximate surface area is 186 Å². The fourth-order valence-corrected chi connectivity index (χ4v) is 4.00. The molecule has 0 saturated heterocycles. The van der Waals surface area contributed by atoms with Crippen LogP contribution in [0.3, 0.4) is 0 Å². The van der Waals surface area contributed by atoms with Crippen LogP contribution >= 0.6 is 0 Å². The third-order valence-corrected chi connectivity index (χ3v) is 5.48. The van der Waals surface area contributed by atoms with Crippen molar-refractivity contribution < 1.29 is 4.79 Å². The van der Waals surface area contributed by atoms with E-state index in [-0.39, 0.29) is 5.91 Å². The van der Waals surface area contributed by atoms with Crippen molar-refractivity contribution in [1.29, 1.82) is 0 Å². The molecular weight excluding hydrogens is 396 g/mol. The molecule has 0 unspecified atom stereocenters. The minimum atomic E-state index is -0.0590. The first-order valence-electron chi connectivity index (χ1n) is 10.5. The second-order valence-electron chi connectivity index (χ2n) is 7.77. The summed E-state index contributed by atoms with van der Waals surface area (Å²) in [6.07, 6.45) is 7.38. The van der Waals surface area contributed by atoms with Crippen LogP contribution < -0.4 is 5.32 Å². The molecule has 0 radical (unpaired) electrons. The number of anilines is 1. The predicted octanol–water partition coefficient (Wildman–Crippen LogP) is 5.58. The van der Waals surface area contributed by atoms with Crippen molar-refractivity contribution in [2.24, 2.45) is 0 Å². The number of aromatic nitrogens is 3. The number of hydrogen-bond acceptors (Lipinski definition) is 3. The highest BCUT2D eigenvalue weighted by atomic mass is 16.1. The van der Waals surface area contributed by atoms with Crippen LogP contribution in [0.25, 0.3) is 27.7 Å². The Hall–Kier alpha value is -4.25. The van der Waals surface area contributed by atoms with Crippen LogP contribution in [-0.2, 0) is 11.2 Å². The second-order valence-corrected chi connectivity index (χ2v) is 7.77. The quantitative estimate of drug-likeness (QED) is 0.405. The summed E-state index contributed by atoms with van der Waals surface area (Å²) in [5, 5.41) is 4.14. The number of amides is 1. The van der Waals surface area contributed by atoms with Crippen LogP contribution in [0.2, 0.25) is 0 Å². The van der Waals surface area contributed by atoms with E-state index in [4.69, 9.17) is 0 Å². The Bertz CT molecular complexity index is 1370. The summed E-state index contributed by atoms with van der Waals surface area (Å²) in [6.45, 7) is 2.10. The molecule has 0 aliphatic carbocycles. The van der Waals surface area contributed by atoms with Crippen molar-refractivity contribution in [3.05, 3.63) is 109 Å². The smallest absolute Gasteiger partial charge is 0.228 e. The molecule has 3 heterocycles. The maximum Gasteiger partial charge on any atom is 0.228 e. The lowest BCUT2D eigenvalue weighted by Crippen LogP contribution is -2.14. The first kappa shape index (κ1) is 19.7. The molecule has 1 N–H and O–H groups in total. The molecule has 5 rings (SSSR count). The van der Waals surface area contributed by atoms with Gasteiger partial charge in [0.05, 0.1) is 11.9 Å². The van der Waals surface area contributed by atoms with E-state index in [0.29, 0.717) is 6.42 Å². The molecule has 5 nitrogen and oxygen atoms in total. The van der Waals surface area contributed by atoms with Gasteiger partial charge in [0.2, 0.25) is 5.91 Å². The van der Waals surface area contributed by atoms with Crippen LogP contribution in [-0.4, -0.2) is 20.4 Å². The van der Waals surface area contributed by atoms with Gasteiger partial charge in [-0.1, -0.05) is 18.2 Å². The van der Waals surface area contributed by atoms with Gasteiger partial charge in [-0.25, -0.2) is 0 Å². The van der Waals surface area contributed by atoms with Crippen molar-refractivity contribution in [2.45, 2.75) is 13.3 Å². The van der Waals surface area contributed by atoms with Gasteiger partial charge in [0.25, 0.3) is 0 Å². The van der Waals surface area contributed by atoms with E-state index in [9.17, 15) is 4.79 Å². The van der Waals surface area contributed by atoms with E-state index in [2.05, 4.69) is 57.1 Å². The van der Waals surface area contributed by atoms with Gasteiger partial charge < -0.3 is 9.88 Å². The molecule has 0 spiro atoms. The molecule has 5 aromatic rings. The van der Waals surface area contributed by atoms with E-state index < -0.39 is 0 Å². The molecule has 1 amide bonds. The first-order chi connectivity index (χ1) is 15.7. The van der Waals surface area contributed by atoms with Crippen LogP contribution in [0, 0.1) is 6.92 Å². The second kappa shape index (κ2) is 8.47. The first-order valence-corrected chi connectivity index (χ1v) is 10.5. The SMILES string of the molecule is Cc1cc2cc(-c3cccnc3)ccc2n1-c1ccc(NC(=O)Cc2cccnc2)cc1. The predicted molar refractivity (Wildman–Crippen MR) is 128 cm³/mol. The third kappa shape index (κ3) is 4.01. The minimum absolute atomic E-state index is 0.0590. The maximum atomic E-state index is 12.3. The Morgan fingerprint density at radius 3 is 2.38 bits per heavy atom. The van der Waals surface area contributed by atoms with E-state index >= 15 is 0 Å². The van der Waals surface area contributed by atoms with E-state index in [1.54, 1.807) is 18.6 Å². The minimum Gasteiger partial charge on any atom is -0.326 e. The zero-order chi connectivity index (χ0) is 21.9. The summed E-state index contributed by atoms with van der Waals surface area (Å²) in [6, 6.07) is 24.3. The van der Waals surface area contributed by atoms with E-state index in [1.807, 2.05) is 48.7 Å². The Balaban J connectivity index is 1.38. The fourth-order valence-electron chi connectivity index (χ4n) is 4.00. The number of pyridine rings is 2. The van der Waals surface area contributed by atoms with Crippen molar-refractivity contribution in [2.75, 3.05) is 5.32 Å². The van der Waals surface area contributed by atoms with Crippen LogP contribution in [0.15, 0.2) is 97.6 Å². The number of fused-ring (bicyclic) bond motifs is 1. The van der Waals surface area contributed by atoms with Gasteiger partial charge in [0.15, 0.2) is 0 Å². The maximum absolute atomic E-state index is 12.3. The highest BCUT2D eigenvalue weighted by molar-refractivity contribution is 5.92. The summed E-state index contributed by atoms with van der Waals surface area (Å²) in [5.74, 6) is -0.0590. The zero-order valence-corrected chi connectivity index (χ0v) is 17.7. The normalized spacial score (nSPS) is 10.9. The van der Waals surface area contributed by atoms with E-state index in [1.165, 1.54) is 5.39 Å². The van der Waals surface area contributed by atoms with Crippen LogP contribution in [0.5, 0.6) is 0 Å². The fraction of sp³-hybridized carbons (Fsp3) is 0.0741. The lowest BCUT2D eigenvalue weighted by molar-refractivity contribution is -0.115. The van der Waals surface area contributed by atoms with Gasteiger partial charge in [0.1, 0.15) is 0 Å². The highest BCUT2D eigenvalue weighted by Crippen LogP contribution is 2.29. The molecule has 0 saturated carbocycles. The number of hydrogen-bond donors (Lipinski definition) is 1. The van der Waals surface area contributed by atoms with Gasteiger partial charge in [-0.3, -0.25) is 14.8 Å². The summed E-state index contributed by atoms with van der Waals surface area (Å²) in [5.41, 5.74) is 7.26. The molecule has 5 heteroatoms. The number of rotatable bonds is 5. The molecule has 2 aromatic carbocycles. The molecule has 0 aliphatic heterocycles. The molecule has 3 aromatic heterocycles. The summed E-state index contributed by atoms with van der Waals surface area (Å²) < 4.78 is 2.23. The Morgan fingerprint density at radius 1 is 0.875 bits per heavy atom. The average molecular weight is 419 g/mol. The summed E-state index contributed by atoms with van der Waals surface area (Å²) in [7, 11) is 0. The van der Waals surface area contributed by atoms with Gasteiger partial charge in [-0.05, 0) is 72.6 Å². The van der Waals surface area contributed by atoms with Gasteiger partial charge in [-0.2, -0.15) is 0 Å². The van der Waals surface area contributed by atoms with Crippen molar-refractivity contribution in [3.63, 3.8) is 0 Å². The Kier molecular flexibility index (Phi) is 5.22. The zero-order valence-electron chi connectivity index (χ0n) is 17.7. The number of nitrogens with one attached hydrogen (secondary N) is 1. The summed E-state index contributed by atoms with van der Waals surface area (Å²) >= 11 is 0. The average Bonchev–Trinajstić information content (AvgIpc) is 3.15. The monoisotopic (exact) mass is 418 g/mol. The highest BCUT2D eigenvalue weighted by Gasteiger charge is 2.10. The van der Waals surface area contributed by atoms with Crippen molar-refractivity contribution >= 4 is 22.5 Å². The van der Waals surface area contributed by atoms with Crippen LogP contribution in [0.1, 0.15) is 11.3 Å². The largest absolute Gasteiger partial charge is 0.326 e. The molecule has 0 fully saturated rings. The third-order valence-electron chi connectivity index (χ3n) is 5.48. The molecular formula is C27H22N4O. The summed E-state index contributed by atoms with van der Waals surface area (Å²) in [4.78, 5) is 20.6. The lowest BCUT2D eigenvalue weighted by Gasteiger charge is -2.11. The Morgan fingerprint density at radius 2 is 1.66 bits per heavy atom. The van der Waals surface area contributed by atoms with Gasteiger partial charge in [-0.15, -0.1) is 0 Å². The van der Waals surface area contributed by atoms with Crippen LogP contribution in [0.4, 0.5) is 5.69 Å². The molecule has 0 atom stereocenters. The molecule has 0 bridgehead atoms. The van der Waals surface area contributed by atoms with Gasteiger partial charge in [0, 0.05) is 52.8 Å². The number of carbonyl (C=O) groups excluding carboxylic acids is 1. The molecule has 0 aliphatic rings. The molecule has 32 heavy (non-hydrogen) atoms. The van der Waals surface area contributed by atoms with E-state index in [0.717, 1.165) is 39.3 Å². The molecule has 156 valence electrons. The standard InChI is InChI=1S/C27H22N4O/c1-19-14-23-16-21(22-5-3-13-29-18-22)6-11-26(23)31(19)25-9-7-24(8-10-25)30-27(32)15-20-4-2-12-28-17-20/h2-14,16-18H,15H2,1H3,(H,30,32). The number of carbonyl (C=O) groups is 1. The number of benzene rings is 2. The lowest BCUT2D eigenvalue weighted by atomic mass is 10.1. The number of aryl methyl sites for hydroxylation is 1. The van der Waals surface area contributed by atoms with Crippen molar-refractivity contribution in [1.82, 2.24) is 14.5 Å². The van der Waals surface area contributed by atoms with Crippen molar-refractivity contribution in [3.8, 4) is 16.8 Å². The van der Waals surface area contributed by atoms with Gasteiger partial charge >= 0.3 is 0 Å².